The molecule has 1 aliphatic heterocycles. The fraction of sp³-hybridized carbons (Fsp3) is 0.712. The number of carbonyl (C=O) groups excluding carboxylic acids is 3. The van der Waals surface area contributed by atoms with E-state index < -0.39 is 71.6 Å². The van der Waals surface area contributed by atoms with Gasteiger partial charge in [-0.15, -0.1) is 0 Å². The predicted octanol–water partition coefficient (Wildman–Crippen LogP) is 9.58. The number of aliphatic hydroxyl groups is 2. The maximum absolute atomic E-state index is 14.0. The number of aryl methyl sites for hydroxylation is 2. The first-order valence-electron chi connectivity index (χ1n) is 25.4. The van der Waals surface area contributed by atoms with Crippen LogP contribution in [-0.4, -0.2) is 114 Å². The number of esters is 2. The van der Waals surface area contributed by atoms with Crippen molar-refractivity contribution in [3.05, 3.63) is 71.8 Å². The fourth-order valence-corrected chi connectivity index (χ4v) is 9.13. The van der Waals surface area contributed by atoms with E-state index in [0.29, 0.717) is 19.3 Å². The Balaban J connectivity index is 0.0000154. The van der Waals surface area contributed by atoms with Crippen molar-refractivity contribution >= 4 is 57.8 Å². The van der Waals surface area contributed by atoms with Crippen molar-refractivity contribution < 1.29 is 56.0 Å². The van der Waals surface area contributed by atoms with Crippen molar-refractivity contribution in [1.82, 2.24) is 5.32 Å². The van der Waals surface area contributed by atoms with Crippen molar-refractivity contribution in [3.8, 4) is 0 Å². The Kier molecular flexibility index (Phi) is 33.9. The summed E-state index contributed by atoms with van der Waals surface area (Å²) in [6, 6.07) is 19.1. The van der Waals surface area contributed by atoms with Gasteiger partial charge in [0.05, 0.1) is 6.61 Å². The molecule has 376 valence electrons. The van der Waals surface area contributed by atoms with Crippen LogP contribution in [0.25, 0.3) is 0 Å². The topological polar surface area (TPSA) is 195 Å². The van der Waals surface area contributed by atoms with Gasteiger partial charge in [0, 0.05) is 12.8 Å². The normalized spacial score (nSPS) is 18.7. The summed E-state index contributed by atoms with van der Waals surface area (Å²) < 4.78 is 55.5. The van der Waals surface area contributed by atoms with Crippen LogP contribution < -0.4 is 5.32 Å². The molecular formula is C52H84NNaO12S. The number of carbonyl (C=O) groups is 3. The van der Waals surface area contributed by atoms with Gasteiger partial charge >= 0.3 is 51.9 Å². The molecule has 2 aromatic carbocycles. The number of amides is 1. The standard InChI is InChI=1S/C52H83NO12S.Na.H/c1-2-3-4-5-6-7-8-9-10-11-18-29-38-44(62-46(55)39-30-19-14-12-16-23-32-42-34-25-21-26-35-42)51(57)53-48-50(49(65-66(59,60)61)45(41-54)63-52(48)58)64-47(56)40-31-20-15-13-17-24-33-43-36-27-22-28-37-43;;/h21-22,25-28,34-37,44-45,48-50,52,54,58H,2-20,23-24,29-33,38-41H2,1H3,(H,53,57)(H,59,60,61);;/t44?,45-,48-,49-,50-,52?;;/m1../s1. The Morgan fingerprint density at radius 1 is 0.627 bits per heavy atom. The summed E-state index contributed by atoms with van der Waals surface area (Å²) in [7, 11) is -5.19. The summed E-state index contributed by atoms with van der Waals surface area (Å²) in [5.74, 6) is -2.08. The van der Waals surface area contributed by atoms with E-state index in [2.05, 4.69) is 36.5 Å². The Bertz CT molecular complexity index is 1690. The first-order chi connectivity index (χ1) is 32.0. The first-order valence-corrected chi connectivity index (χ1v) is 26.7. The van der Waals surface area contributed by atoms with E-state index in [4.69, 9.17) is 18.4 Å². The van der Waals surface area contributed by atoms with Gasteiger partial charge in [0.25, 0.3) is 5.91 Å². The van der Waals surface area contributed by atoms with E-state index in [1.807, 2.05) is 36.4 Å². The van der Waals surface area contributed by atoms with E-state index in [1.54, 1.807) is 0 Å². The molecular weight excluding hydrogens is 886 g/mol. The molecule has 1 saturated heterocycles. The van der Waals surface area contributed by atoms with E-state index in [1.165, 1.54) is 56.1 Å². The van der Waals surface area contributed by atoms with Crippen molar-refractivity contribution in [1.29, 1.82) is 0 Å². The second-order valence-corrected chi connectivity index (χ2v) is 19.1. The average molecular weight is 970 g/mol. The van der Waals surface area contributed by atoms with Crippen molar-refractivity contribution in [2.75, 3.05) is 6.61 Å². The van der Waals surface area contributed by atoms with Crippen molar-refractivity contribution in [3.63, 3.8) is 0 Å². The average Bonchev–Trinajstić information content (AvgIpc) is 3.30. The van der Waals surface area contributed by atoms with Gasteiger partial charge in [-0.1, -0.05) is 190 Å². The summed E-state index contributed by atoms with van der Waals surface area (Å²) in [5.41, 5.74) is 2.62. The molecule has 3 rings (SSSR count). The molecule has 6 atom stereocenters. The molecule has 0 bridgehead atoms. The molecule has 15 heteroatoms. The summed E-state index contributed by atoms with van der Waals surface area (Å²) in [5, 5.41) is 23.8. The van der Waals surface area contributed by atoms with Crippen LogP contribution in [0.3, 0.4) is 0 Å². The van der Waals surface area contributed by atoms with Crippen molar-refractivity contribution in [2.24, 2.45) is 0 Å². The molecule has 4 N–H and O–H groups in total. The van der Waals surface area contributed by atoms with Crippen LogP contribution in [0, 0.1) is 0 Å². The third-order valence-electron chi connectivity index (χ3n) is 12.4. The Morgan fingerprint density at radius 3 is 1.52 bits per heavy atom. The number of nitrogens with one attached hydrogen (secondary N) is 1. The van der Waals surface area contributed by atoms with Crippen LogP contribution in [0.2, 0.25) is 0 Å². The quantitative estimate of drug-likeness (QED) is 0.0216. The minimum atomic E-state index is -5.19. The molecule has 0 radical (unpaired) electrons. The molecule has 1 amide bonds. The zero-order valence-electron chi connectivity index (χ0n) is 39.9. The number of rotatable bonds is 38. The number of benzene rings is 2. The Morgan fingerprint density at radius 2 is 1.06 bits per heavy atom. The van der Waals surface area contributed by atoms with Gasteiger partial charge in [0.15, 0.2) is 18.5 Å². The zero-order valence-corrected chi connectivity index (χ0v) is 40.7. The summed E-state index contributed by atoms with van der Waals surface area (Å²) in [6.45, 7) is 1.35. The molecule has 1 aliphatic rings. The second-order valence-electron chi connectivity index (χ2n) is 18.1. The van der Waals surface area contributed by atoms with Crippen LogP contribution in [-0.2, 0) is 56.0 Å². The van der Waals surface area contributed by atoms with E-state index in [9.17, 15) is 37.6 Å². The van der Waals surface area contributed by atoms with Crippen LogP contribution in [0.4, 0.5) is 0 Å². The van der Waals surface area contributed by atoms with Crippen LogP contribution in [0.5, 0.6) is 0 Å². The van der Waals surface area contributed by atoms with E-state index >= 15 is 0 Å². The third-order valence-corrected chi connectivity index (χ3v) is 12.9. The van der Waals surface area contributed by atoms with Crippen LogP contribution in [0.1, 0.15) is 191 Å². The third kappa shape index (κ3) is 28.1. The predicted molar refractivity (Wildman–Crippen MR) is 264 cm³/mol. The van der Waals surface area contributed by atoms with Crippen molar-refractivity contribution in [2.45, 2.75) is 230 Å². The molecule has 0 saturated carbocycles. The summed E-state index contributed by atoms with van der Waals surface area (Å²) in [4.78, 5) is 40.5. The number of ether oxygens (including phenoxy) is 3. The van der Waals surface area contributed by atoms with Gasteiger partial charge in [0.1, 0.15) is 18.2 Å². The second kappa shape index (κ2) is 37.4. The van der Waals surface area contributed by atoms with Gasteiger partial charge < -0.3 is 29.7 Å². The Labute approximate surface area is 424 Å². The molecule has 1 heterocycles. The monoisotopic (exact) mass is 970 g/mol. The van der Waals surface area contributed by atoms with Crippen LogP contribution >= 0.6 is 0 Å². The molecule has 0 aliphatic carbocycles. The molecule has 1 fully saturated rings. The molecule has 2 aromatic rings. The van der Waals surface area contributed by atoms with Gasteiger partial charge in [-0.25, -0.2) is 4.18 Å². The SMILES string of the molecule is CCCCCCCCCCCCCCC(OC(=O)CCCCCCCCc1ccccc1)C(=O)N[C@H]1C(O)O[C@H](CO)[C@@H](OS(=O)(=O)O)[C@@H]1OC(=O)CCCCCCCCc1ccccc1.[NaH]. The molecule has 67 heavy (non-hydrogen) atoms. The van der Waals surface area contributed by atoms with Gasteiger partial charge in [-0.05, 0) is 62.5 Å². The Hall–Kier alpha value is -2.40. The number of aliphatic hydroxyl groups excluding tert-OH is 2. The molecule has 0 aromatic heterocycles. The van der Waals surface area contributed by atoms with Gasteiger partial charge in [0.2, 0.25) is 0 Å². The first kappa shape index (κ1) is 60.7. The molecule has 13 nitrogen and oxygen atoms in total. The number of hydrogen-bond donors (Lipinski definition) is 4. The summed E-state index contributed by atoms with van der Waals surface area (Å²) in [6.07, 6.45) is 18.3. The number of unbranched alkanes of at least 4 members (excludes halogenated alkanes) is 21. The zero-order chi connectivity index (χ0) is 47.7. The molecule has 0 spiro atoms. The van der Waals surface area contributed by atoms with Crippen LogP contribution in [0.15, 0.2) is 60.7 Å². The van der Waals surface area contributed by atoms with E-state index in [0.717, 1.165) is 103 Å². The summed E-state index contributed by atoms with van der Waals surface area (Å²) >= 11 is 0. The molecule has 2 unspecified atom stereocenters. The van der Waals surface area contributed by atoms with Gasteiger partial charge in [-0.3, -0.25) is 18.9 Å². The fourth-order valence-electron chi connectivity index (χ4n) is 8.62. The minimum absolute atomic E-state index is 0. The maximum atomic E-state index is 14.0. The van der Waals surface area contributed by atoms with E-state index in [-0.39, 0.29) is 48.8 Å². The number of hydrogen-bond acceptors (Lipinski definition) is 11. The van der Waals surface area contributed by atoms with Gasteiger partial charge in [-0.2, -0.15) is 8.42 Å².